The number of hydrazone groups is 1. The number of carbonyl (C=O) groups excluding carboxylic acids is 1. The van der Waals surface area contributed by atoms with Crippen LogP contribution in [0.2, 0.25) is 0 Å². The largest absolute Gasteiger partial charge is 0.496 e. The first-order valence-corrected chi connectivity index (χ1v) is 7.11. The molecule has 114 valence electrons. The topological polar surface area (TPSA) is 50.7 Å². The molecule has 2 aromatic carbocycles. The third kappa shape index (κ3) is 4.19. The summed E-state index contributed by atoms with van der Waals surface area (Å²) in [5, 5.41) is 3.98. The number of hydrogen-bond acceptors (Lipinski definition) is 3. The number of hydrogen-bond donors (Lipinski definition) is 1. The molecule has 0 aliphatic rings. The van der Waals surface area contributed by atoms with E-state index in [0.717, 1.165) is 16.9 Å². The van der Waals surface area contributed by atoms with Crippen molar-refractivity contribution in [2.24, 2.45) is 5.10 Å². The number of methoxy groups -OCH3 is 1. The first-order valence-electron chi connectivity index (χ1n) is 7.11. The number of nitrogens with zero attached hydrogens (tertiary/aromatic N) is 1. The summed E-state index contributed by atoms with van der Waals surface area (Å²) in [6.45, 7) is 4.09. The Morgan fingerprint density at radius 2 is 1.95 bits per heavy atom. The Hall–Kier alpha value is -2.62. The van der Waals surface area contributed by atoms with Crippen LogP contribution < -0.4 is 10.2 Å². The Morgan fingerprint density at radius 1 is 1.18 bits per heavy atom. The summed E-state index contributed by atoms with van der Waals surface area (Å²) in [7, 11) is 1.60. The molecule has 4 heteroatoms. The van der Waals surface area contributed by atoms with Crippen molar-refractivity contribution < 1.29 is 9.53 Å². The van der Waals surface area contributed by atoms with Gasteiger partial charge in [-0.3, -0.25) is 4.79 Å². The zero-order chi connectivity index (χ0) is 15.9. The zero-order valence-corrected chi connectivity index (χ0v) is 13.1. The van der Waals surface area contributed by atoms with Crippen molar-refractivity contribution in [2.45, 2.75) is 20.3 Å². The minimum Gasteiger partial charge on any atom is -0.496 e. The molecule has 2 aromatic rings. The summed E-state index contributed by atoms with van der Waals surface area (Å²) >= 11 is 0. The molecule has 0 aliphatic heterocycles. The highest BCUT2D eigenvalue weighted by Gasteiger charge is 2.04. The van der Waals surface area contributed by atoms with Gasteiger partial charge in [0.05, 0.1) is 19.7 Å². The Kier molecular flexibility index (Phi) is 5.31. The minimum atomic E-state index is -0.144. The van der Waals surface area contributed by atoms with Crippen molar-refractivity contribution in [3.05, 3.63) is 64.7 Å². The molecular weight excluding hydrogens is 276 g/mol. The van der Waals surface area contributed by atoms with Crippen molar-refractivity contribution in [3.63, 3.8) is 0 Å². The van der Waals surface area contributed by atoms with E-state index in [1.807, 2.05) is 49.4 Å². The third-order valence-electron chi connectivity index (χ3n) is 3.47. The quantitative estimate of drug-likeness (QED) is 0.681. The van der Waals surface area contributed by atoms with Crippen molar-refractivity contribution >= 4 is 12.1 Å². The van der Waals surface area contributed by atoms with Crippen LogP contribution in [0.25, 0.3) is 0 Å². The van der Waals surface area contributed by atoms with Gasteiger partial charge in [-0.25, -0.2) is 5.43 Å². The maximum atomic E-state index is 11.9. The average molecular weight is 296 g/mol. The Labute approximate surface area is 130 Å². The predicted octanol–water partition coefficient (Wildman–Crippen LogP) is 3.00. The van der Waals surface area contributed by atoms with Crippen molar-refractivity contribution in [3.8, 4) is 5.75 Å². The van der Waals surface area contributed by atoms with E-state index >= 15 is 0 Å². The standard InChI is InChI=1S/C18H20N2O2/c1-13-8-9-15(10-14(13)2)11-18(21)20-19-12-16-6-4-5-7-17(16)22-3/h4-10,12H,11H2,1-3H3,(H,20,21)/b19-12-. The van der Waals surface area contributed by atoms with Crippen LogP contribution in [0.3, 0.4) is 0 Å². The molecular formula is C18H20N2O2. The zero-order valence-electron chi connectivity index (χ0n) is 13.1. The van der Waals surface area contributed by atoms with Crippen LogP contribution in [0, 0.1) is 13.8 Å². The second-order valence-electron chi connectivity index (χ2n) is 5.13. The normalized spacial score (nSPS) is 10.7. The van der Waals surface area contributed by atoms with Gasteiger partial charge in [-0.05, 0) is 42.7 Å². The van der Waals surface area contributed by atoms with E-state index in [4.69, 9.17) is 4.74 Å². The lowest BCUT2D eigenvalue weighted by molar-refractivity contribution is -0.120. The van der Waals surface area contributed by atoms with Gasteiger partial charge in [0.25, 0.3) is 0 Å². The van der Waals surface area contributed by atoms with Gasteiger partial charge in [0.1, 0.15) is 5.75 Å². The van der Waals surface area contributed by atoms with Crippen LogP contribution in [-0.2, 0) is 11.2 Å². The van der Waals surface area contributed by atoms with Crippen molar-refractivity contribution in [1.82, 2.24) is 5.43 Å². The highest BCUT2D eigenvalue weighted by atomic mass is 16.5. The van der Waals surface area contributed by atoms with E-state index in [1.165, 1.54) is 11.1 Å². The fourth-order valence-electron chi connectivity index (χ4n) is 2.09. The second kappa shape index (κ2) is 7.41. The lowest BCUT2D eigenvalue weighted by Gasteiger charge is -2.05. The molecule has 0 saturated heterocycles. The fourth-order valence-corrected chi connectivity index (χ4v) is 2.09. The Bertz CT molecular complexity index is 693. The molecule has 0 fully saturated rings. The van der Waals surface area contributed by atoms with Crippen molar-refractivity contribution in [1.29, 1.82) is 0 Å². The van der Waals surface area contributed by atoms with E-state index in [9.17, 15) is 4.79 Å². The van der Waals surface area contributed by atoms with Crippen LogP contribution in [-0.4, -0.2) is 19.2 Å². The number of nitrogens with one attached hydrogen (secondary N) is 1. The predicted molar refractivity (Wildman–Crippen MR) is 88.4 cm³/mol. The molecule has 1 amide bonds. The third-order valence-corrected chi connectivity index (χ3v) is 3.47. The molecule has 0 aliphatic carbocycles. The fraction of sp³-hybridized carbons (Fsp3) is 0.222. The van der Waals surface area contributed by atoms with Gasteiger partial charge in [-0.1, -0.05) is 30.3 Å². The number of benzene rings is 2. The van der Waals surface area contributed by atoms with Crippen LogP contribution in [0.1, 0.15) is 22.3 Å². The van der Waals surface area contributed by atoms with E-state index in [2.05, 4.69) is 17.5 Å². The van der Waals surface area contributed by atoms with E-state index in [-0.39, 0.29) is 5.91 Å². The number of carbonyl (C=O) groups is 1. The lowest BCUT2D eigenvalue weighted by Crippen LogP contribution is -2.19. The molecule has 2 rings (SSSR count). The SMILES string of the molecule is COc1ccccc1/C=N\NC(=O)Cc1ccc(C)c(C)c1. The number of aryl methyl sites for hydroxylation is 2. The Morgan fingerprint density at radius 3 is 2.68 bits per heavy atom. The van der Waals surface area contributed by atoms with Gasteiger partial charge < -0.3 is 4.74 Å². The van der Waals surface area contributed by atoms with Crippen LogP contribution in [0.15, 0.2) is 47.6 Å². The molecule has 22 heavy (non-hydrogen) atoms. The highest BCUT2D eigenvalue weighted by Crippen LogP contribution is 2.14. The van der Waals surface area contributed by atoms with Crippen LogP contribution in [0.4, 0.5) is 0 Å². The van der Waals surface area contributed by atoms with E-state index in [0.29, 0.717) is 6.42 Å². The molecule has 0 bridgehead atoms. The average Bonchev–Trinajstić information content (AvgIpc) is 2.51. The lowest BCUT2D eigenvalue weighted by atomic mass is 10.0. The molecule has 0 aromatic heterocycles. The first-order chi connectivity index (χ1) is 10.6. The van der Waals surface area contributed by atoms with E-state index < -0.39 is 0 Å². The highest BCUT2D eigenvalue weighted by molar-refractivity contribution is 5.85. The summed E-state index contributed by atoms with van der Waals surface area (Å²) in [4.78, 5) is 11.9. The molecule has 0 unspecified atom stereocenters. The van der Waals surface area contributed by atoms with Crippen molar-refractivity contribution in [2.75, 3.05) is 7.11 Å². The van der Waals surface area contributed by atoms with Gasteiger partial charge in [-0.15, -0.1) is 0 Å². The van der Waals surface area contributed by atoms with E-state index in [1.54, 1.807) is 13.3 Å². The number of para-hydroxylation sites is 1. The van der Waals surface area contributed by atoms with Crippen LogP contribution in [0.5, 0.6) is 5.75 Å². The molecule has 0 saturated carbocycles. The summed E-state index contributed by atoms with van der Waals surface area (Å²) in [6.07, 6.45) is 1.89. The van der Waals surface area contributed by atoms with Gasteiger partial charge >= 0.3 is 0 Å². The van der Waals surface area contributed by atoms with Gasteiger partial charge in [-0.2, -0.15) is 5.10 Å². The summed E-state index contributed by atoms with van der Waals surface area (Å²) in [5.41, 5.74) is 6.74. The molecule has 1 N–H and O–H groups in total. The molecule has 0 atom stereocenters. The summed E-state index contributed by atoms with van der Waals surface area (Å²) in [5.74, 6) is 0.573. The number of ether oxygens (including phenoxy) is 1. The Balaban J connectivity index is 1.95. The molecule has 0 heterocycles. The maximum Gasteiger partial charge on any atom is 0.244 e. The van der Waals surface area contributed by atoms with Crippen LogP contribution >= 0.6 is 0 Å². The molecule has 4 nitrogen and oxygen atoms in total. The summed E-state index contributed by atoms with van der Waals surface area (Å²) in [6, 6.07) is 13.5. The number of amides is 1. The minimum absolute atomic E-state index is 0.144. The monoisotopic (exact) mass is 296 g/mol. The first kappa shape index (κ1) is 15.8. The van der Waals surface area contributed by atoms with Gasteiger partial charge in [0, 0.05) is 5.56 Å². The summed E-state index contributed by atoms with van der Waals surface area (Å²) < 4.78 is 5.22. The maximum absolute atomic E-state index is 11.9. The second-order valence-corrected chi connectivity index (χ2v) is 5.13. The van der Waals surface area contributed by atoms with Gasteiger partial charge in [0.15, 0.2) is 0 Å². The molecule has 0 radical (unpaired) electrons. The van der Waals surface area contributed by atoms with Gasteiger partial charge in [0.2, 0.25) is 5.91 Å². The molecule has 0 spiro atoms. The number of rotatable bonds is 5. The smallest absolute Gasteiger partial charge is 0.244 e.